The van der Waals surface area contributed by atoms with E-state index in [1.807, 2.05) is 0 Å². The summed E-state index contributed by atoms with van der Waals surface area (Å²) >= 11 is 18.9. The molecule has 3 N–H and O–H groups in total. The molecule has 0 saturated heterocycles. The molecule has 0 aliphatic heterocycles. The third-order valence-electron chi connectivity index (χ3n) is 1.52. The van der Waals surface area contributed by atoms with E-state index in [0.717, 1.165) is 0 Å². The second-order valence-corrected chi connectivity index (χ2v) is 4.47. The first-order valence-electron chi connectivity index (χ1n) is 3.65. The first kappa shape index (κ1) is 12.9. The standard InChI is InChI=1S/C7H5BrCl2FN3S/c8-3-2(1-13-7(12)15)5(9)14-6(10)4(3)11/h1H2,(H3,12,13,15). The van der Waals surface area contributed by atoms with Crippen LogP contribution >= 0.6 is 51.3 Å². The van der Waals surface area contributed by atoms with Gasteiger partial charge < -0.3 is 11.1 Å². The maximum absolute atomic E-state index is 13.3. The third kappa shape index (κ3) is 3.14. The van der Waals surface area contributed by atoms with Gasteiger partial charge in [0.15, 0.2) is 16.1 Å². The van der Waals surface area contributed by atoms with Gasteiger partial charge in [-0.3, -0.25) is 0 Å². The van der Waals surface area contributed by atoms with Gasteiger partial charge in [0.05, 0.1) is 4.47 Å². The summed E-state index contributed by atoms with van der Waals surface area (Å²) in [6.07, 6.45) is 0. The second kappa shape index (κ2) is 5.25. The molecule has 82 valence electrons. The molecule has 1 rings (SSSR count). The molecule has 1 heterocycles. The summed E-state index contributed by atoms with van der Waals surface area (Å²) in [7, 11) is 0. The van der Waals surface area contributed by atoms with Crippen molar-refractivity contribution in [2.45, 2.75) is 6.54 Å². The van der Waals surface area contributed by atoms with E-state index in [4.69, 9.17) is 28.9 Å². The van der Waals surface area contributed by atoms with Crippen molar-refractivity contribution < 1.29 is 4.39 Å². The first-order valence-corrected chi connectivity index (χ1v) is 5.61. The zero-order chi connectivity index (χ0) is 11.6. The van der Waals surface area contributed by atoms with Gasteiger partial charge in [-0.25, -0.2) is 9.37 Å². The van der Waals surface area contributed by atoms with Crippen LogP contribution in [0.25, 0.3) is 0 Å². The Morgan fingerprint density at radius 1 is 1.53 bits per heavy atom. The number of halogens is 4. The first-order chi connectivity index (χ1) is 6.93. The number of nitrogens with one attached hydrogen (secondary N) is 1. The van der Waals surface area contributed by atoms with Crippen LogP contribution in [0, 0.1) is 5.82 Å². The molecule has 0 aliphatic rings. The van der Waals surface area contributed by atoms with Crippen LogP contribution in [-0.2, 0) is 6.54 Å². The van der Waals surface area contributed by atoms with Crippen molar-refractivity contribution in [3.05, 3.63) is 26.2 Å². The number of nitrogens with zero attached hydrogens (tertiary/aromatic N) is 1. The maximum atomic E-state index is 13.3. The lowest BCUT2D eigenvalue weighted by Crippen LogP contribution is -2.28. The molecule has 0 aliphatic carbocycles. The van der Waals surface area contributed by atoms with Gasteiger partial charge in [-0.2, -0.15) is 0 Å². The number of hydrogen-bond acceptors (Lipinski definition) is 2. The quantitative estimate of drug-likeness (QED) is 0.645. The van der Waals surface area contributed by atoms with Crippen molar-refractivity contribution in [1.82, 2.24) is 10.3 Å². The Balaban J connectivity index is 3.07. The molecule has 0 amide bonds. The highest BCUT2D eigenvalue weighted by Crippen LogP contribution is 2.30. The fourth-order valence-corrected chi connectivity index (χ4v) is 2.13. The van der Waals surface area contributed by atoms with E-state index in [1.54, 1.807) is 0 Å². The van der Waals surface area contributed by atoms with Gasteiger partial charge in [-0.1, -0.05) is 23.2 Å². The number of thiocarbonyl (C=S) groups is 1. The van der Waals surface area contributed by atoms with Gasteiger partial charge >= 0.3 is 0 Å². The molecular formula is C7H5BrCl2FN3S. The van der Waals surface area contributed by atoms with Crippen molar-refractivity contribution in [1.29, 1.82) is 0 Å². The Morgan fingerprint density at radius 2 is 2.13 bits per heavy atom. The Labute approximate surface area is 109 Å². The largest absolute Gasteiger partial charge is 0.376 e. The summed E-state index contributed by atoms with van der Waals surface area (Å²) in [6, 6.07) is 0. The number of hydrogen-bond donors (Lipinski definition) is 2. The SMILES string of the molecule is NC(=S)NCc1c(Cl)nc(Cl)c(F)c1Br. The summed E-state index contributed by atoms with van der Waals surface area (Å²) in [4.78, 5) is 3.61. The van der Waals surface area contributed by atoms with Crippen LogP contribution in [-0.4, -0.2) is 10.1 Å². The Bertz CT molecular complexity index is 416. The van der Waals surface area contributed by atoms with Crippen molar-refractivity contribution in [2.24, 2.45) is 5.73 Å². The highest BCUT2D eigenvalue weighted by atomic mass is 79.9. The van der Waals surface area contributed by atoms with Crippen LogP contribution in [0.2, 0.25) is 10.3 Å². The molecule has 0 aromatic carbocycles. The van der Waals surface area contributed by atoms with Gasteiger partial charge in [0.25, 0.3) is 0 Å². The molecule has 8 heteroatoms. The lowest BCUT2D eigenvalue weighted by atomic mass is 10.3. The van der Waals surface area contributed by atoms with Crippen molar-refractivity contribution in [2.75, 3.05) is 0 Å². The highest BCUT2D eigenvalue weighted by molar-refractivity contribution is 9.10. The van der Waals surface area contributed by atoms with Crippen LogP contribution < -0.4 is 11.1 Å². The summed E-state index contributed by atoms with van der Waals surface area (Å²) in [5, 5.41) is 2.53. The van der Waals surface area contributed by atoms with Crippen LogP contribution in [0.1, 0.15) is 5.56 Å². The summed E-state index contributed by atoms with van der Waals surface area (Å²) in [6.45, 7) is 0.176. The van der Waals surface area contributed by atoms with Crippen molar-refractivity contribution in [3.63, 3.8) is 0 Å². The molecule has 0 bridgehead atoms. The van der Waals surface area contributed by atoms with Gasteiger partial charge in [0, 0.05) is 12.1 Å². The van der Waals surface area contributed by atoms with E-state index in [1.165, 1.54) is 0 Å². The molecule has 0 radical (unpaired) electrons. The number of rotatable bonds is 2. The molecule has 0 saturated carbocycles. The minimum Gasteiger partial charge on any atom is -0.376 e. The van der Waals surface area contributed by atoms with E-state index in [0.29, 0.717) is 5.56 Å². The minimum atomic E-state index is -0.666. The molecule has 0 spiro atoms. The molecule has 3 nitrogen and oxygen atoms in total. The lowest BCUT2D eigenvalue weighted by molar-refractivity contribution is 0.610. The van der Waals surface area contributed by atoms with Crippen LogP contribution in [0.5, 0.6) is 0 Å². The molecule has 1 aromatic heterocycles. The van der Waals surface area contributed by atoms with Crippen molar-refractivity contribution in [3.8, 4) is 0 Å². The molecule has 0 fully saturated rings. The average molecular weight is 333 g/mol. The third-order valence-corrected chi connectivity index (χ3v) is 3.06. The number of pyridine rings is 1. The average Bonchev–Trinajstić information content (AvgIpc) is 2.14. The Morgan fingerprint density at radius 3 is 2.67 bits per heavy atom. The van der Waals surface area contributed by atoms with E-state index in [2.05, 4.69) is 38.4 Å². The fourth-order valence-electron chi connectivity index (χ4n) is 0.842. The Kier molecular flexibility index (Phi) is 4.51. The van der Waals surface area contributed by atoms with Gasteiger partial charge in [0.2, 0.25) is 0 Å². The smallest absolute Gasteiger partial charge is 0.175 e. The number of nitrogens with two attached hydrogens (primary N) is 1. The van der Waals surface area contributed by atoms with E-state index in [9.17, 15) is 4.39 Å². The van der Waals surface area contributed by atoms with Crippen LogP contribution in [0.4, 0.5) is 4.39 Å². The van der Waals surface area contributed by atoms with E-state index >= 15 is 0 Å². The van der Waals surface area contributed by atoms with Gasteiger partial charge in [0.1, 0.15) is 5.15 Å². The van der Waals surface area contributed by atoms with Gasteiger partial charge in [-0.05, 0) is 28.1 Å². The summed E-state index contributed by atoms with van der Waals surface area (Å²) < 4.78 is 13.5. The summed E-state index contributed by atoms with van der Waals surface area (Å²) in [5.41, 5.74) is 5.64. The Hall–Kier alpha value is -0.170. The van der Waals surface area contributed by atoms with E-state index < -0.39 is 5.82 Å². The molecule has 0 atom stereocenters. The predicted octanol–water partition coefficient (Wildman–Crippen LogP) is 2.62. The predicted molar refractivity (Wildman–Crippen MR) is 65.5 cm³/mol. The fraction of sp³-hybridized carbons (Fsp3) is 0.143. The molecule has 0 unspecified atom stereocenters. The molecule has 15 heavy (non-hydrogen) atoms. The summed E-state index contributed by atoms with van der Waals surface area (Å²) in [5.74, 6) is -0.666. The monoisotopic (exact) mass is 331 g/mol. The zero-order valence-electron chi connectivity index (χ0n) is 7.15. The molecular weight excluding hydrogens is 328 g/mol. The maximum Gasteiger partial charge on any atom is 0.175 e. The van der Waals surface area contributed by atoms with Crippen LogP contribution in [0.15, 0.2) is 4.47 Å². The van der Waals surface area contributed by atoms with Gasteiger partial charge in [-0.15, -0.1) is 0 Å². The minimum absolute atomic E-state index is 0.0910. The lowest BCUT2D eigenvalue weighted by Gasteiger charge is -2.09. The topological polar surface area (TPSA) is 50.9 Å². The number of aromatic nitrogens is 1. The van der Waals surface area contributed by atoms with Crippen LogP contribution in [0.3, 0.4) is 0 Å². The second-order valence-electron chi connectivity index (χ2n) is 2.52. The van der Waals surface area contributed by atoms with E-state index in [-0.39, 0.29) is 26.4 Å². The molecule has 1 aromatic rings. The zero-order valence-corrected chi connectivity index (χ0v) is 11.1. The van der Waals surface area contributed by atoms with Crippen molar-refractivity contribution >= 4 is 56.5 Å². The highest BCUT2D eigenvalue weighted by Gasteiger charge is 2.15. The normalized spacial score (nSPS) is 10.1.